The first-order valence-corrected chi connectivity index (χ1v) is 7.05. The van der Waals surface area contributed by atoms with Crippen LogP contribution in [-0.2, 0) is 37.5 Å². The minimum absolute atomic E-state index is 0. The quantitative estimate of drug-likeness (QED) is 0.300. The molecule has 0 bridgehead atoms. The fourth-order valence-corrected chi connectivity index (χ4v) is 1.87. The Morgan fingerprint density at radius 2 is 2.00 bits per heavy atom. The molecule has 1 saturated heterocycles. The van der Waals surface area contributed by atoms with E-state index in [1.54, 1.807) is 0 Å². The second kappa shape index (κ2) is 13.7. The monoisotopic (exact) mass is 327 g/mol. The molecule has 1 aliphatic rings. The number of likely N-dealkylation sites (tertiary alicyclic amines) is 1. The fourth-order valence-electron chi connectivity index (χ4n) is 1.87. The van der Waals surface area contributed by atoms with Crippen molar-refractivity contribution in [1.29, 1.82) is 0 Å². The van der Waals surface area contributed by atoms with Crippen molar-refractivity contribution in [3.05, 3.63) is 19.1 Å². The molecule has 1 fully saturated rings. The number of nitrogens with zero attached hydrogens (tertiary/aromatic N) is 1. The topological polar surface area (TPSA) is 20.3 Å². The van der Waals surface area contributed by atoms with E-state index in [0.29, 0.717) is 18.4 Å². The molecule has 1 amide bonds. The number of rotatable bonds is 7. The maximum atomic E-state index is 11.3. The summed E-state index contributed by atoms with van der Waals surface area (Å²) in [6.45, 7) is 10.9. The second-order valence-corrected chi connectivity index (χ2v) is 4.11. The first-order chi connectivity index (χ1) is 8.29. The van der Waals surface area contributed by atoms with Crippen molar-refractivity contribution in [2.75, 3.05) is 6.54 Å². The largest absolute Gasteiger partial charge is 0.343 e. The summed E-state index contributed by atoms with van der Waals surface area (Å²) >= 11 is 0. The van der Waals surface area contributed by atoms with Crippen molar-refractivity contribution in [2.45, 2.75) is 65.3 Å². The van der Waals surface area contributed by atoms with Gasteiger partial charge in [-0.3, -0.25) is 4.79 Å². The van der Waals surface area contributed by atoms with Gasteiger partial charge in [-0.2, -0.15) is 6.42 Å². The first-order valence-electron chi connectivity index (χ1n) is 7.05. The number of β-lactam (4-membered cyclic amide) rings is 1. The molecule has 103 valence electrons. The van der Waals surface area contributed by atoms with E-state index in [4.69, 9.17) is 0 Å². The Balaban J connectivity index is 0. The van der Waals surface area contributed by atoms with Crippen LogP contribution in [0.2, 0.25) is 0 Å². The zero-order valence-corrected chi connectivity index (χ0v) is 15.2. The van der Waals surface area contributed by atoms with Gasteiger partial charge in [0.05, 0.1) is 12.5 Å². The molecule has 1 radical (unpaired) electrons. The Labute approximate surface area is 138 Å². The van der Waals surface area contributed by atoms with E-state index in [2.05, 4.69) is 26.0 Å². The van der Waals surface area contributed by atoms with Gasteiger partial charge in [-0.05, 0) is 12.8 Å². The predicted octanol–water partition coefficient (Wildman–Crippen LogP) is 3.97. The molecule has 0 spiro atoms. The minimum atomic E-state index is 0. The van der Waals surface area contributed by atoms with Crippen LogP contribution in [0.5, 0.6) is 0 Å². The van der Waals surface area contributed by atoms with Crippen molar-refractivity contribution in [3.63, 3.8) is 0 Å². The molecule has 1 aliphatic heterocycles. The fraction of sp³-hybridized carbons (Fsp3) is 0.733. The standard InChI is InChI=1S/C13H22NO.C2H6.Y/c1-3-5-7-8-10-14-12(9-6-4-2)11-13(14)15;1-2;/h6,9,12H,1,3-5,7-8,10-11H2,2H3;1-2H3;/q-1;;. The number of hydrogen-bond donors (Lipinski definition) is 0. The Bertz CT molecular complexity index is 229. The van der Waals surface area contributed by atoms with Crippen molar-refractivity contribution in [3.8, 4) is 0 Å². The van der Waals surface area contributed by atoms with Crippen molar-refractivity contribution in [1.82, 2.24) is 4.90 Å². The summed E-state index contributed by atoms with van der Waals surface area (Å²) in [5, 5.41) is 0. The van der Waals surface area contributed by atoms with E-state index < -0.39 is 0 Å². The summed E-state index contributed by atoms with van der Waals surface area (Å²) in [5.41, 5.74) is 0. The third-order valence-electron chi connectivity index (χ3n) is 2.85. The van der Waals surface area contributed by atoms with E-state index in [0.717, 1.165) is 25.8 Å². The van der Waals surface area contributed by atoms with Gasteiger partial charge in [0, 0.05) is 39.3 Å². The van der Waals surface area contributed by atoms with Crippen LogP contribution in [0.25, 0.3) is 0 Å². The molecule has 1 heterocycles. The van der Waals surface area contributed by atoms with Crippen LogP contribution in [0.4, 0.5) is 0 Å². The van der Waals surface area contributed by atoms with Crippen LogP contribution in [0, 0.1) is 6.92 Å². The van der Waals surface area contributed by atoms with Crippen LogP contribution in [0.1, 0.15) is 59.3 Å². The third-order valence-corrected chi connectivity index (χ3v) is 2.85. The molecule has 0 aromatic carbocycles. The van der Waals surface area contributed by atoms with Crippen LogP contribution >= 0.6 is 0 Å². The summed E-state index contributed by atoms with van der Waals surface area (Å²) in [7, 11) is 0. The maximum Gasteiger partial charge on any atom is 0.225 e. The number of amides is 1. The Morgan fingerprint density at radius 1 is 1.33 bits per heavy atom. The average molecular weight is 327 g/mol. The van der Waals surface area contributed by atoms with E-state index in [1.807, 2.05) is 18.7 Å². The Kier molecular flexibility index (Phi) is 15.7. The summed E-state index contributed by atoms with van der Waals surface area (Å²) in [4.78, 5) is 13.3. The van der Waals surface area contributed by atoms with Crippen molar-refractivity contribution >= 4 is 5.91 Å². The molecular weight excluding hydrogens is 299 g/mol. The van der Waals surface area contributed by atoms with Crippen molar-refractivity contribution < 1.29 is 37.5 Å². The molecule has 0 aromatic heterocycles. The van der Waals surface area contributed by atoms with E-state index in [9.17, 15) is 4.79 Å². The zero-order chi connectivity index (χ0) is 13.1. The smallest absolute Gasteiger partial charge is 0.225 e. The van der Waals surface area contributed by atoms with E-state index >= 15 is 0 Å². The van der Waals surface area contributed by atoms with Crippen LogP contribution in [0.3, 0.4) is 0 Å². The molecule has 0 aliphatic carbocycles. The zero-order valence-electron chi connectivity index (χ0n) is 12.3. The Morgan fingerprint density at radius 3 is 2.50 bits per heavy atom. The number of unbranched alkanes of at least 4 members (excludes halogenated alkanes) is 3. The van der Waals surface area contributed by atoms with Crippen molar-refractivity contribution in [2.24, 2.45) is 0 Å². The van der Waals surface area contributed by atoms with Gasteiger partial charge in [-0.15, -0.1) is 0 Å². The molecule has 18 heavy (non-hydrogen) atoms. The second-order valence-electron chi connectivity index (χ2n) is 4.11. The molecule has 0 saturated carbocycles. The normalized spacial score (nSPS) is 17.9. The first kappa shape index (κ1) is 20.6. The van der Waals surface area contributed by atoms with E-state index in [-0.39, 0.29) is 32.7 Å². The van der Waals surface area contributed by atoms with Gasteiger partial charge in [0.15, 0.2) is 0 Å². The molecule has 1 rings (SSSR count). The number of allylic oxidation sites excluding steroid dienone is 1. The van der Waals surface area contributed by atoms with Gasteiger partial charge < -0.3 is 11.8 Å². The minimum Gasteiger partial charge on any atom is -0.343 e. The maximum absolute atomic E-state index is 11.3. The Hall–Kier alpha value is 0.314. The van der Waals surface area contributed by atoms with Gasteiger partial charge in [-0.1, -0.05) is 45.8 Å². The number of carbonyl (C=O) groups excluding carboxylic acids is 1. The van der Waals surface area contributed by atoms with Gasteiger partial charge >= 0.3 is 0 Å². The van der Waals surface area contributed by atoms with Gasteiger partial charge in [0.1, 0.15) is 0 Å². The molecule has 1 atom stereocenters. The molecule has 2 nitrogen and oxygen atoms in total. The summed E-state index contributed by atoms with van der Waals surface area (Å²) in [6.07, 6.45) is 10.6. The SMILES string of the molecule is CC.[CH2-]CCCCCN1C(=O)CC1C=CCC.[Y]. The molecule has 0 N–H and O–H groups in total. The molecule has 3 heteroatoms. The van der Waals surface area contributed by atoms with Crippen LogP contribution in [-0.4, -0.2) is 23.4 Å². The van der Waals surface area contributed by atoms with Gasteiger partial charge in [0.2, 0.25) is 5.91 Å². The summed E-state index contributed by atoms with van der Waals surface area (Å²) < 4.78 is 0. The molecule has 0 aromatic rings. The molecular formula is C15H28NOY-. The summed E-state index contributed by atoms with van der Waals surface area (Å²) in [6, 6.07) is 0.386. The van der Waals surface area contributed by atoms with Gasteiger partial charge in [-0.25, -0.2) is 0 Å². The van der Waals surface area contributed by atoms with E-state index in [1.165, 1.54) is 12.8 Å². The predicted molar refractivity (Wildman–Crippen MR) is 74.7 cm³/mol. The van der Waals surface area contributed by atoms with Crippen LogP contribution in [0.15, 0.2) is 12.2 Å². The average Bonchev–Trinajstić information content (AvgIpc) is 2.36. The van der Waals surface area contributed by atoms with Gasteiger partial charge in [0.25, 0.3) is 0 Å². The number of hydrogen-bond acceptors (Lipinski definition) is 1. The molecule has 1 unspecified atom stereocenters. The summed E-state index contributed by atoms with van der Waals surface area (Å²) in [5.74, 6) is 0.315. The number of carbonyl (C=O) groups is 1. The third kappa shape index (κ3) is 7.68. The van der Waals surface area contributed by atoms with Crippen LogP contribution < -0.4 is 0 Å².